The van der Waals surface area contributed by atoms with Gasteiger partial charge < -0.3 is 10.4 Å². The normalized spacial score (nSPS) is 27.3. The summed E-state index contributed by atoms with van der Waals surface area (Å²) < 4.78 is 0. The van der Waals surface area contributed by atoms with Crippen molar-refractivity contribution in [1.29, 1.82) is 0 Å². The molecule has 10 heavy (non-hydrogen) atoms. The van der Waals surface area contributed by atoms with E-state index in [1.165, 1.54) is 0 Å². The predicted octanol–water partition coefficient (Wildman–Crippen LogP) is -0.105. The highest BCUT2D eigenvalue weighted by atomic mass is 16.3. The molecule has 1 rings (SSSR count). The quantitative estimate of drug-likeness (QED) is 0.538. The molecule has 0 unspecified atom stereocenters. The third-order valence-corrected chi connectivity index (χ3v) is 1.91. The predicted molar refractivity (Wildman–Crippen MR) is 37.4 cm³/mol. The van der Waals surface area contributed by atoms with Crippen LogP contribution in [0.1, 0.15) is 19.3 Å². The number of hydrogen-bond acceptors (Lipinski definition) is 2. The Labute approximate surface area is 60.4 Å². The lowest BCUT2D eigenvalue weighted by Gasteiger charge is -2.06. The summed E-state index contributed by atoms with van der Waals surface area (Å²) in [7, 11) is 0. The van der Waals surface area contributed by atoms with Crippen LogP contribution in [0, 0.1) is 5.92 Å². The van der Waals surface area contributed by atoms with Crippen molar-refractivity contribution < 1.29 is 9.90 Å². The molecule has 1 atom stereocenters. The zero-order valence-electron chi connectivity index (χ0n) is 5.97. The number of carbonyl (C=O) groups is 1. The van der Waals surface area contributed by atoms with Crippen molar-refractivity contribution in [3.05, 3.63) is 0 Å². The summed E-state index contributed by atoms with van der Waals surface area (Å²) in [5, 5.41) is 11.5. The molecule has 1 aliphatic heterocycles. The molecule has 0 aromatic rings. The van der Waals surface area contributed by atoms with Crippen LogP contribution in [0.4, 0.5) is 0 Å². The zero-order chi connectivity index (χ0) is 7.40. The first-order valence-corrected chi connectivity index (χ1v) is 3.70. The van der Waals surface area contributed by atoms with Gasteiger partial charge in [-0.1, -0.05) is 0 Å². The Morgan fingerprint density at radius 2 is 2.40 bits per heavy atom. The minimum Gasteiger partial charge on any atom is -0.396 e. The van der Waals surface area contributed by atoms with E-state index in [1.54, 1.807) is 0 Å². The zero-order valence-corrected chi connectivity index (χ0v) is 5.97. The van der Waals surface area contributed by atoms with E-state index in [-0.39, 0.29) is 12.5 Å². The molecule has 1 heterocycles. The smallest absolute Gasteiger partial charge is 0.220 e. The fourth-order valence-electron chi connectivity index (χ4n) is 1.17. The van der Waals surface area contributed by atoms with Crippen LogP contribution in [0.15, 0.2) is 0 Å². The van der Waals surface area contributed by atoms with Gasteiger partial charge in [0.05, 0.1) is 0 Å². The van der Waals surface area contributed by atoms with Crippen LogP contribution >= 0.6 is 0 Å². The topological polar surface area (TPSA) is 49.3 Å². The highest BCUT2D eigenvalue weighted by molar-refractivity contribution is 5.76. The van der Waals surface area contributed by atoms with Gasteiger partial charge in [-0.05, 0) is 18.8 Å². The maximum Gasteiger partial charge on any atom is 0.220 e. The number of aliphatic hydroxyl groups is 1. The lowest BCUT2D eigenvalue weighted by atomic mass is 10.0. The van der Waals surface area contributed by atoms with Gasteiger partial charge in [0.2, 0.25) is 5.91 Å². The van der Waals surface area contributed by atoms with Crippen LogP contribution in [0.25, 0.3) is 0 Å². The summed E-state index contributed by atoms with van der Waals surface area (Å²) in [5.74, 6) is 0.454. The summed E-state index contributed by atoms with van der Waals surface area (Å²) in [6.07, 6.45) is 2.33. The Bertz CT molecular complexity index is 125. The Morgan fingerprint density at radius 1 is 1.60 bits per heavy atom. The Hall–Kier alpha value is -0.570. The van der Waals surface area contributed by atoms with E-state index in [0.29, 0.717) is 12.3 Å². The van der Waals surface area contributed by atoms with Gasteiger partial charge >= 0.3 is 0 Å². The number of carbonyl (C=O) groups excluding carboxylic acids is 1. The molecule has 0 radical (unpaired) electrons. The minimum absolute atomic E-state index is 0.121. The maximum atomic E-state index is 10.8. The van der Waals surface area contributed by atoms with E-state index in [2.05, 4.69) is 5.32 Å². The number of rotatable bonds is 1. The van der Waals surface area contributed by atoms with Crippen molar-refractivity contribution >= 4 is 5.91 Å². The third-order valence-electron chi connectivity index (χ3n) is 1.91. The van der Waals surface area contributed by atoms with Crippen molar-refractivity contribution in [1.82, 2.24) is 5.32 Å². The van der Waals surface area contributed by atoms with Gasteiger partial charge in [-0.2, -0.15) is 0 Å². The largest absolute Gasteiger partial charge is 0.396 e. The Balaban J connectivity index is 2.33. The molecule has 0 saturated carbocycles. The molecule has 1 fully saturated rings. The Kier molecular flexibility index (Phi) is 2.68. The van der Waals surface area contributed by atoms with Crippen LogP contribution in [-0.2, 0) is 4.79 Å². The lowest BCUT2D eigenvalue weighted by Crippen LogP contribution is -2.21. The third kappa shape index (κ3) is 1.99. The fourth-order valence-corrected chi connectivity index (χ4v) is 1.17. The van der Waals surface area contributed by atoms with Crippen LogP contribution in [0.2, 0.25) is 0 Å². The van der Waals surface area contributed by atoms with Crippen LogP contribution < -0.4 is 5.32 Å². The molecule has 0 aromatic heterocycles. The van der Waals surface area contributed by atoms with Gasteiger partial charge in [0, 0.05) is 19.6 Å². The van der Waals surface area contributed by atoms with Gasteiger partial charge in [0.1, 0.15) is 0 Å². The Morgan fingerprint density at radius 3 is 3.10 bits per heavy atom. The number of hydrogen-bond donors (Lipinski definition) is 2. The first-order chi connectivity index (χ1) is 4.83. The van der Waals surface area contributed by atoms with Crippen molar-refractivity contribution in [3.63, 3.8) is 0 Å². The van der Waals surface area contributed by atoms with E-state index in [1.807, 2.05) is 0 Å². The van der Waals surface area contributed by atoms with E-state index < -0.39 is 0 Å². The molecule has 58 valence electrons. The minimum atomic E-state index is 0.121. The highest BCUT2D eigenvalue weighted by Crippen LogP contribution is 2.12. The lowest BCUT2D eigenvalue weighted by molar-refractivity contribution is -0.120. The molecule has 0 spiro atoms. The molecule has 3 nitrogen and oxygen atoms in total. The number of nitrogens with one attached hydrogen (secondary N) is 1. The standard InChI is InChI=1S/C7H13NO2/c9-5-6-1-2-7(10)8-4-3-6/h6,9H,1-5H2,(H,8,10)/t6-/m0/s1. The SMILES string of the molecule is O=C1CC[C@H](CO)CCN1. The van der Waals surface area contributed by atoms with Crippen molar-refractivity contribution in [2.24, 2.45) is 5.92 Å². The van der Waals surface area contributed by atoms with Crippen LogP contribution in [-0.4, -0.2) is 24.2 Å². The van der Waals surface area contributed by atoms with E-state index >= 15 is 0 Å². The van der Waals surface area contributed by atoms with E-state index in [9.17, 15) is 4.79 Å². The average Bonchev–Trinajstić information content (AvgIpc) is 2.14. The molecular weight excluding hydrogens is 130 g/mol. The van der Waals surface area contributed by atoms with E-state index in [4.69, 9.17) is 5.11 Å². The van der Waals surface area contributed by atoms with Crippen molar-refractivity contribution in [2.45, 2.75) is 19.3 Å². The van der Waals surface area contributed by atoms with Crippen LogP contribution in [0.5, 0.6) is 0 Å². The summed E-state index contributed by atoms with van der Waals surface area (Å²) in [5.41, 5.74) is 0. The molecule has 0 aromatic carbocycles. The molecule has 1 aliphatic rings. The second-order valence-electron chi connectivity index (χ2n) is 2.73. The molecule has 2 N–H and O–H groups in total. The maximum absolute atomic E-state index is 10.8. The summed E-state index contributed by atoms with van der Waals surface area (Å²) in [4.78, 5) is 10.8. The first-order valence-electron chi connectivity index (χ1n) is 3.70. The molecule has 1 saturated heterocycles. The van der Waals surface area contributed by atoms with Crippen molar-refractivity contribution in [2.75, 3.05) is 13.2 Å². The summed E-state index contributed by atoms with van der Waals surface area (Å²) >= 11 is 0. The average molecular weight is 143 g/mol. The van der Waals surface area contributed by atoms with Gasteiger partial charge in [0.25, 0.3) is 0 Å². The molecule has 3 heteroatoms. The van der Waals surface area contributed by atoms with Gasteiger partial charge in [-0.25, -0.2) is 0 Å². The molecular formula is C7H13NO2. The highest BCUT2D eigenvalue weighted by Gasteiger charge is 2.14. The molecule has 1 amide bonds. The first kappa shape index (κ1) is 7.54. The second-order valence-corrected chi connectivity index (χ2v) is 2.73. The monoisotopic (exact) mass is 143 g/mol. The van der Waals surface area contributed by atoms with Gasteiger partial charge in [-0.15, -0.1) is 0 Å². The van der Waals surface area contributed by atoms with Crippen molar-refractivity contribution in [3.8, 4) is 0 Å². The second kappa shape index (κ2) is 3.56. The molecule has 0 bridgehead atoms. The van der Waals surface area contributed by atoms with Crippen LogP contribution in [0.3, 0.4) is 0 Å². The molecule has 0 aliphatic carbocycles. The fraction of sp³-hybridized carbons (Fsp3) is 0.857. The van der Waals surface area contributed by atoms with Gasteiger partial charge in [-0.3, -0.25) is 4.79 Å². The summed E-state index contributed by atoms with van der Waals surface area (Å²) in [6, 6.07) is 0. The number of amides is 1. The number of aliphatic hydroxyl groups excluding tert-OH is 1. The van der Waals surface area contributed by atoms with E-state index in [0.717, 1.165) is 19.4 Å². The van der Waals surface area contributed by atoms with Gasteiger partial charge in [0.15, 0.2) is 0 Å². The summed E-state index contributed by atoms with van der Waals surface area (Å²) in [6.45, 7) is 0.943.